The molecule has 4 nitrogen and oxygen atoms in total. The molecule has 2 amide bonds. The number of fused-ring (bicyclic) bond motifs is 1. The van der Waals surface area contributed by atoms with Crippen molar-refractivity contribution in [3.05, 3.63) is 58.1 Å². The number of nitrogens with zero attached hydrogens (tertiary/aromatic N) is 1. The van der Waals surface area contributed by atoms with Crippen molar-refractivity contribution in [1.82, 2.24) is 0 Å². The summed E-state index contributed by atoms with van der Waals surface area (Å²) in [6.45, 7) is 4.14. The van der Waals surface area contributed by atoms with Crippen molar-refractivity contribution in [2.24, 2.45) is 0 Å². The van der Waals surface area contributed by atoms with Crippen molar-refractivity contribution < 1.29 is 9.59 Å². The van der Waals surface area contributed by atoms with Crippen molar-refractivity contribution >= 4 is 34.8 Å². The predicted molar refractivity (Wildman–Crippen MR) is 92.3 cm³/mol. The molecule has 0 saturated carbocycles. The molecule has 0 aromatic heterocycles. The zero-order valence-electron chi connectivity index (χ0n) is 13.0. The molecule has 118 valence electrons. The smallest absolute Gasteiger partial charge is 0.255 e. The van der Waals surface area contributed by atoms with E-state index in [9.17, 15) is 9.59 Å². The Hall–Kier alpha value is -2.33. The average molecular weight is 329 g/mol. The van der Waals surface area contributed by atoms with Crippen LogP contribution in [0.1, 0.15) is 28.4 Å². The van der Waals surface area contributed by atoms with E-state index in [4.69, 9.17) is 11.6 Å². The Labute approximate surface area is 140 Å². The van der Waals surface area contributed by atoms with E-state index < -0.39 is 0 Å². The molecule has 0 unspecified atom stereocenters. The Morgan fingerprint density at radius 1 is 1.17 bits per heavy atom. The van der Waals surface area contributed by atoms with Crippen molar-refractivity contribution in [1.29, 1.82) is 0 Å². The van der Waals surface area contributed by atoms with E-state index in [0.29, 0.717) is 22.8 Å². The summed E-state index contributed by atoms with van der Waals surface area (Å²) < 4.78 is 0. The van der Waals surface area contributed by atoms with Crippen LogP contribution in [0.2, 0.25) is 5.02 Å². The third kappa shape index (κ3) is 3.08. The summed E-state index contributed by atoms with van der Waals surface area (Å²) in [5, 5.41) is 3.47. The summed E-state index contributed by atoms with van der Waals surface area (Å²) >= 11 is 5.98. The number of carbonyl (C=O) groups excluding carboxylic acids is 2. The van der Waals surface area contributed by atoms with Crippen LogP contribution in [0.5, 0.6) is 0 Å². The lowest BCUT2D eigenvalue weighted by Gasteiger charge is -2.15. The van der Waals surface area contributed by atoms with Gasteiger partial charge in [-0.3, -0.25) is 9.59 Å². The molecule has 2 aromatic carbocycles. The minimum atomic E-state index is -0.181. The van der Waals surface area contributed by atoms with Gasteiger partial charge >= 0.3 is 0 Å². The first-order chi connectivity index (χ1) is 11.0. The first-order valence-electron chi connectivity index (χ1n) is 7.44. The Balaban J connectivity index is 1.84. The van der Waals surface area contributed by atoms with Crippen LogP contribution in [0.4, 0.5) is 11.4 Å². The molecule has 0 fully saturated rings. The summed E-state index contributed by atoms with van der Waals surface area (Å²) in [5.74, 6) is -0.157. The maximum atomic E-state index is 12.5. The Morgan fingerprint density at radius 3 is 2.70 bits per heavy atom. The number of hydrogen-bond acceptors (Lipinski definition) is 2. The molecule has 0 spiro atoms. The number of nitrogens with one attached hydrogen (secondary N) is 1. The van der Waals surface area contributed by atoms with Gasteiger partial charge in [-0.1, -0.05) is 17.7 Å². The van der Waals surface area contributed by atoms with Crippen LogP contribution in [-0.2, 0) is 11.2 Å². The van der Waals surface area contributed by atoms with Gasteiger partial charge in [-0.25, -0.2) is 0 Å². The topological polar surface area (TPSA) is 49.4 Å². The third-order valence-corrected chi connectivity index (χ3v) is 4.30. The van der Waals surface area contributed by atoms with Crippen LogP contribution in [-0.4, -0.2) is 18.4 Å². The molecule has 23 heavy (non-hydrogen) atoms. The van der Waals surface area contributed by atoms with Gasteiger partial charge in [0.15, 0.2) is 0 Å². The maximum Gasteiger partial charge on any atom is 0.255 e. The number of carbonyl (C=O) groups is 2. The zero-order chi connectivity index (χ0) is 16.6. The fraction of sp³-hybridized carbons (Fsp3) is 0.222. The fourth-order valence-corrected chi connectivity index (χ4v) is 2.97. The maximum absolute atomic E-state index is 12.5. The van der Waals surface area contributed by atoms with Crippen LogP contribution in [0.25, 0.3) is 0 Å². The van der Waals surface area contributed by atoms with Gasteiger partial charge in [0.1, 0.15) is 0 Å². The normalized spacial score (nSPS) is 12.9. The molecule has 1 aliphatic rings. The van der Waals surface area contributed by atoms with E-state index >= 15 is 0 Å². The molecular weight excluding hydrogens is 312 g/mol. The summed E-state index contributed by atoms with van der Waals surface area (Å²) in [6, 6.07) is 10.8. The monoisotopic (exact) mass is 328 g/mol. The van der Waals surface area contributed by atoms with Crippen LogP contribution < -0.4 is 10.2 Å². The van der Waals surface area contributed by atoms with E-state index in [1.54, 1.807) is 30.0 Å². The molecule has 0 aliphatic carbocycles. The van der Waals surface area contributed by atoms with E-state index in [1.807, 2.05) is 25.1 Å². The second kappa shape index (κ2) is 6.05. The number of halogens is 1. The largest absolute Gasteiger partial charge is 0.322 e. The number of hydrogen-bond donors (Lipinski definition) is 1. The highest BCUT2D eigenvalue weighted by Crippen LogP contribution is 2.29. The van der Waals surface area contributed by atoms with E-state index in [-0.39, 0.29) is 11.8 Å². The molecular formula is C18H17ClN2O2. The Morgan fingerprint density at radius 2 is 1.96 bits per heavy atom. The quantitative estimate of drug-likeness (QED) is 0.911. The molecule has 3 rings (SSSR count). The summed E-state index contributed by atoms with van der Waals surface area (Å²) in [5.41, 5.74) is 4.15. The molecule has 1 aliphatic heterocycles. The first-order valence-corrected chi connectivity index (χ1v) is 7.82. The number of aryl methyl sites for hydroxylation is 1. The first kappa shape index (κ1) is 15.6. The van der Waals surface area contributed by atoms with Crippen molar-refractivity contribution in [3.8, 4) is 0 Å². The van der Waals surface area contributed by atoms with Gasteiger partial charge in [0, 0.05) is 35.4 Å². The van der Waals surface area contributed by atoms with Gasteiger partial charge in [0.2, 0.25) is 5.91 Å². The molecule has 0 radical (unpaired) electrons. The van der Waals surface area contributed by atoms with Crippen molar-refractivity contribution in [2.45, 2.75) is 20.3 Å². The van der Waals surface area contributed by atoms with Gasteiger partial charge < -0.3 is 10.2 Å². The van der Waals surface area contributed by atoms with Gasteiger partial charge in [0.25, 0.3) is 5.91 Å². The lowest BCUT2D eigenvalue weighted by atomic mass is 10.1. The van der Waals surface area contributed by atoms with Crippen LogP contribution in [0.15, 0.2) is 36.4 Å². The average Bonchev–Trinajstić information content (AvgIpc) is 2.94. The molecule has 5 heteroatoms. The molecule has 2 aromatic rings. The van der Waals surface area contributed by atoms with Gasteiger partial charge in [0.05, 0.1) is 0 Å². The molecule has 1 heterocycles. The molecule has 0 bridgehead atoms. The molecule has 0 atom stereocenters. The predicted octanol–water partition coefficient (Wildman–Crippen LogP) is 3.81. The fourth-order valence-electron chi connectivity index (χ4n) is 2.79. The van der Waals surface area contributed by atoms with Gasteiger partial charge in [-0.05, 0) is 54.8 Å². The number of benzene rings is 2. The Kier molecular flexibility index (Phi) is 4.09. The third-order valence-electron chi connectivity index (χ3n) is 4.07. The van der Waals surface area contributed by atoms with E-state index in [2.05, 4.69) is 5.32 Å². The summed E-state index contributed by atoms with van der Waals surface area (Å²) in [7, 11) is 0. The Bertz CT molecular complexity index is 802. The SMILES string of the molecule is CC(=O)N1CCc2cc(C(=O)Nc3cc(Cl)ccc3C)ccc21. The van der Waals surface area contributed by atoms with Gasteiger partial charge in [-0.2, -0.15) is 0 Å². The highest BCUT2D eigenvalue weighted by molar-refractivity contribution is 6.31. The molecule has 0 saturated heterocycles. The van der Waals surface area contributed by atoms with Gasteiger partial charge in [-0.15, -0.1) is 0 Å². The summed E-state index contributed by atoms with van der Waals surface area (Å²) in [6.07, 6.45) is 0.770. The standard InChI is InChI=1S/C18H17ClN2O2/c1-11-3-5-15(19)10-16(11)20-18(23)14-4-6-17-13(9-14)7-8-21(17)12(2)22/h3-6,9-10H,7-8H2,1-2H3,(H,20,23). The number of amides is 2. The number of anilines is 2. The van der Waals surface area contributed by atoms with E-state index in [0.717, 1.165) is 23.2 Å². The molecule has 1 N–H and O–H groups in total. The summed E-state index contributed by atoms with van der Waals surface area (Å²) in [4.78, 5) is 25.8. The van der Waals surface area contributed by atoms with Crippen LogP contribution in [0.3, 0.4) is 0 Å². The highest BCUT2D eigenvalue weighted by atomic mass is 35.5. The minimum absolute atomic E-state index is 0.0236. The highest BCUT2D eigenvalue weighted by Gasteiger charge is 2.23. The lowest BCUT2D eigenvalue weighted by Crippen LogP contribution is -2.25. The zero-order valence-corrected chi connectivity index (χ0v) is 13.8. The van der Waals surface area contributed by atoms with E-state index in [1.165, 1.54) is 0 Å². The lowest BCUT2D eigenvalue weighted by molar-refractivity contribution is -0.116. The minimum Gasteiger partial charge on any atom is -0.322 e. The number of rotatable bonds is 2. The van der Waals surface area contributed by atoms with Crippen molar-refractivity contribution in [2.75, 3.05) is 16.8 Å². The van der Waals surface area contributed by atoms with Crippen LogP contribution in [0, 0.1) is 6.92 Å². The second-order valence-corrected chi connectivity index (χ2v) is 6.11. The van der Waals surface area contributed by atoms with Crippen LogP contribution >= 0.6 is 11.6 Å². The van der Waals surface area contributed by atoms with Crippen molar-refractivity contribution in [3.63, 3.8) is 0 Å². The second-order valence-electron chi connectivity index (χ2n) is 5.68.